The van der Waals surface area contributed by atoms with Gasteiger partial charge in [0, 0.05) is 13.3 Å². The van der Waals surface area contributed by atoms with Crippen molar-refractivity contribution in [1.82, 2.24) is 4.98 Å². The van der Waals surface area contributed by atoms with E-state index >= 15 is 0 Å². The van der Waals surface area contributed by atoms with Crippen molar-refractivity contribution >= 4 is 17.1 Å². The third-order valence-electron chi connectivity index (χ3n) is 1.75. The van der Waals surface area contributed by atoms with Crippen molar-refractivity contribution in [2.24, 2.45) is 4.99 Å². The number of para-hydroxylation sites is 1. The molecule has 2 nitrogen and oxygen atoms in total. The molecule has 72 valence electrons. The zero-order valence-electron chi connectivity index (χ0n) is 8.27. The van der Waals surface area contributed by atoms with Crippen molar-refractivity contribution in [3.63, 3.8) is 0 Å². The van der Waals surface area contributed by atoms with Crippen LogP contribution >= 0.6 is 0 Å². The van der Waals surface area contributed by atoms with Crippen molar-refractivity contribution < 1.29 is 17.4 Å². The summed E-state index contributed by atoms with van der Waals surface area (Å²) in [6.45, 7) is 0. The normalized spacial score (nSPS) is 9.79. The number of hydrogen-bond acceptors (Lipinski definition) is 1. The molecule has 14 heavy (non-hydrogen) atoms. The molecule has 0 saturated carbocycles. The molecule has 0 saturated heterocycles. The maximum Gasteiger partial charge on any atom is 2.00 e. The molecule has 0 spiro atoms. The molecule has 0 aliphatic heterocycles. The van der Waals surface area contributed by atoms with Gasteiger partial charge in [0.15, 0.2) is 0 Å². The molecule has 0 radical (unpaired) electrons. The fourth-order valence-corrected chi connectivity index (χ4v) is 1.24. The van der Waals surface area contributed by atoms with E-state index in [0.29, 0.717) is 0 Å². The van der Waals surface area contributed by atoms with Crippen molar-refractivity contribution in [3.8, 4) is 0 Å². The minimum Gasteiger partial charge on any atom is -0.656 e. The zero-order valence-corrected chi connectivity index (χ0v) is 9.54. The molecular formula is C11H12CrN2. The summed E-state index contributed by atoms with van der Waals surface area (Å²) in [4.78, 5) is 8.27. The van der Waals surface area contributed by atoms with Gasteiger partial charge >= 0.3 is 17.4 Å². The topological polar surface area (TPSA) is 26.5 Å². The van der Waals surface area contributed by atoms with Crippen LogP contribution < -0.4 is 4.98 Å². The van der Waals surface area contributed by atoms with E-state index < -0.39 is 0 Å². The maximum absolute atomic E-state index is 4.35. The van der Waals surface area contributed by atoms with Gasteiger partial charge in [0.05, 0.1) is 0 Å². The Morgan fingerprint density at radius 3 is 2.64 bits per heavy atom. The Hall–Kier alpha value is -1.04. The SMILES string of the molecule is CN=Cc1cc2ccccc2[n-]1.[CH3-].[Cr+2]. The molecule has 1 aromatic heterocycles. The first-order valence-electron chi connectivity index (χ1n) is 3.85. The molecule has 2 aromatic rings. The summed E-state index contributed by atoms with van der Waals surface area (Å²) in [6.07, 6.45) is 1.76. The van der Waals surface area contributed by atoms with Crippen LogP contribution in [0.2, 0.25) is 0 Å². The van der Waals surface area contributed by atoms with E-state index in [2.05, 4.69) is 16.0 Å². The largest absolute Gasteiger partial charge is 2.00 e. The van der Waals surface area contributed by atoms with E-state index in [-0.39, 0.29) is 24.8 Å². The number of aliphatic imine (C=N–C) groups is 1. The fourth-order valence-electron chi connectivity index (χ4n) is 1.24. The van der Waals surface area contributed by atoms with Gasteiger partial charge < -0.3 is 12.4 Å². The minimum atomic E-state index is 0. The molecular weight excluding hydrogens is 212 g/mol. The van der Waals surface area contributed by atoms with Crippen LogP contribution in [0.3, 0.4) is 0 Å². The zero-order chi connectivity index (χ0) is 8.39. The minimum absolute atomic E-state index is 0. The van der Waals surface area contributed by atoms with E-state index in [9.17, 15) is 0 Å². The van der Waals surface area contributed by atoms with E-state index in [1.807, 2.05) is 24.3 Å². The molecule has 0 fully saturated rings. The van der Waals surface area contributed by atoms with Gasteiger partial charge in [-0.3, -0.25) is 4.99 Å². The van der Waals surface area contributed by atoms with Gasteiger partial charge in [-0.15, -0.1) is 11.2 Å². The summed E-state index contributed by atoms with van der Waals surface area (Å²) >= 11 is 0. The predicted molar refractivity (Wildman–Crippen MR) is 57.2 cm³/mol. The Balaban J connectivity index is 0.000000845. The maximum atomic E-state index is 4.35. The number of fused-ring (bicyclic) bond motifs is 1. The van der Waals surface area contributed by atoms with Crippen LogP contribution in [0.5, 0.6) is 0 Å². The third kappa shape index (κ3) is 2.48. The molecule has 1 aromatic carbocycles. The quantitative estimate of drug-likeness (QED) is 0.539. The molecule has 0 aliphatic carbocycles. The van der Waals surface area contributed by atoms with Gasteiger partial charge in [-0.25, -0.2) is 0 Å². The standard InChI is InChI=1S/C10H9N2.CH3.Cr/c1-11-7-9-6-8-4-2-3-5-10(8)12-9;;/h2-7H,1H3;1H3;/q2*-1;+2. The average molecular weight is 224 g/mol. The monoisotopic (exact) mass is 224 g/mol. The molecule has 0 bridgehead atoms. The first-order chi connectivity index (χ1) is 5.90. The Bertz CT molecular complexity index is 385. The first-order valence-corrected chi connectivity index (χ1v) is 3.85. The summed E-state index contributed by atoms with van der Waals surface area (Å²) in [5.41, 5.74) is 1.96. The Labute approximate surface area is 95.2 Å². The van der Waals surface area contributed by atoms with Crippen molar-refractivity contribution in [2.75, 3.05) is 7.05 Å². The molecule has 0 unspecified atom stereocenters. The Morgan fingerprint density at radius 1 is 1.29 bits per heavy atom. The van der Waals surface area contributed by atoms with Gasteiger partial charge in [0.2, 0.25) is 0 Å². The number of aromatic nitrogens is 1. The van der Waals surface area contributed by atoms with Crippen molar-refractivity contribution in [2.45, 2.75) is 0 Å². The van der Waals surface area contributed by atoms with Crippen LogP contribution in [0.4, 0.5) is 0 Å². The van der Waals surface area contributed by atoms with Crippen LogP contribution in [-0.4, -0.2) is 13.3 Å². The van der Waals surface area contributed by atoms with Crippen LogP contribution in [0.15, 0.2) is 35.3 Å². The molecule has 2 rings (SSSR count). The molecule has 1 heterocycles. The fraction of sp³-hybridized carbons (Fsp3) is 0.0909. The van der Waals surface area contributed by atoms with Crippen molar-refractivity contribution in [1.29, 1.82) is 0 Å². The number of rotatable bonds is 1. The van der Waals surface area contributed by atoms with Crippen molar-refractivity contribution in [3.05, 3.63) is 43.5 Å². The van der Waals surface area contributed by atoms with Gasteiger partial charge in [0.25, 0.3) is 0 Å². The van der Waals surface area contributed by atoms with Crippen LogP contribution in [-0.2, 0) is 17.4 Å². The molecule has 0 amide bonds. The van der Waals surface area contributed by atoms with Crippen LogP contribution in [0, 0.1) is 7.43 Å². The second-order valence-corrected chi connectivity index (χ2v) is 2.63. The van der Waals surface area contributed by atoms with Crippen LogP contribution in [0.1, 0.15) is 5.69 Å². The van der Waals surface area contributed by atoms with Crippen LogP contribution in [0.25, 0.3) is 10.9 Å². The summed E-state index contributed by atoms with van der Waals surface area (Å²) in [7, 11) is 1.75. The predicted octanol–water partition coefficient (Wildman–Crippen LogP) is 2.29. The van der Waals surface area contributed by atoms with E-state index in [1.165, 1.54) is 5.39 Å². The second-order valence-electron chi connectivity index (χ2n) is 2.63. The first kappa shape index (κ1) is 13.0. The van der Waals surface area contributed by atoms with Gasteiger partial charge in [-0.1, -0.05) is 30.3 Å². The van der Waals surface area contributed by atoms with Gasteiger partial charge in [-0.05, 0) is 5.39 Å². The Kier molecular flexibility index (Phi) is 5.22. The summed E-state index contributed by atoms with van der Waals surface area (Å²) < 4.78 is 0. The molecule has 0 N–H and O–H groups in total. The van der Waals surface area contributed by atoms with Gasteiger partial charge in [0.1, 0.15) is 0 Å². The third-order valence-corrected chi connectivity index (χ3v) is 1.75. The molecule has 0 aliphatic rings. The number of hydrogen-bond donors (Lipinski definition) is 0. The van der Waals surface area contributed by atoms with E-state index in [0.717, 1.165) is 11.2 Å². The Morgan fingerprint density at radius 2 is 2.00 bits per heavy atom. The van der Waals surface area contributed by atoms with E-state index in [4.69, 9.17) is 0 Å². The molecule has 3 heteroatoms. The smallest absolute Gasteiger partial charge is 0.656 e. The average Bonchev–Trinajstić information content (AvgIpc) is 2.47. The molecule has 0 atom stereocenters. The summed E-state index contributed by atoms with van der Waals surface area (Å²) in [5, 5.41) is 1.17. The summed E-state index contributed by atoms with van der Waals surface area (Å²) in [5.74, 6) is 0. The van der Waals surface area contributed by atoms with E-state index in [1.54, 1.807) is 13.3 Å². The number of benzene rings is 1. The second kappa shape index (κ2) is 5.64. The summed E-state index contributed by atoms with van der Waals surface area (Å²) in [6, 6.07) is 10.1. The number of nitrogens with zero attached hydrogens (tertiary/aromatic N) is 2. The van der Waals surface area contributed by atoms with Gasteiger partial charge in [-0.2, -0.15) is 0 Å².